The summed E-state index contributed by atoms with van der Waals surface area (Å²) in [6, 6.07) is 0. The van der Waals surface area contributed by atoms with E-state index in [-0.39, 0.29) is 0 Å². The van der Waals surface area contributed by atoms with Crippen molar-refractivity contribution in [2.24, 2.45) is 5.92 Å². The molecule has 0 aromatic heterocycles. The van der Waals surface area contributed by atoms with Crippen molar-refractivity contribution in [3.63, 3.8) is 0 Å². The average Bonchev–Trinajstić information content (AvgIpc) is 2.58. The van der Waals surface area contributed by atoms with E-state index < -0.39 is 5.79 Å². The van der Waals surface area contributed by atoms with Gasteiger partial charge in [-0.1, -0.05) is 45.4 Å². The molecule has 0 fully saturated rings. The molecule has 0 aliphatic carbocycles. The van der Waals surface area contributed by atoms with E-state index in [1.54, 1.807) is 20.5 Å². The zero-order valence-electron chi connectivity index (χ0n) is 15.7. The molecule has 0 radical (unpaired) electrons. The molecule has 0 amide bonds. The van der Waals surface area contributed by atoms with E-state index >= 15 is 0 Å². The monoisotopic (exact) mass is 346 g/mol. The van der Waals surface area contributed by atoms with Gasteiger partial charge in [-0.2, -0.15) is 12.6 Å². The fraction of sp³-hybridized carbons (Fsp3) is 0.895. The second-order valence-corrected chi connectivity index (χ2v) is 6.61. The van der Waals surface area contributed by atoms with E-state index in [2.05, 4.69) is 26.5 Å². The third-order valence-corrected chi connectivity index (χ3v) is 4.78. The van der Waals surface area contributed by atoms with Gasteiger partial charge in [0.2, 0.25) is 0 Å². The molecule has 138 valence electrons. The normalized spacial score (nSPS) is 13.6. The SMILES string of the molecule is CCCCCCCCC(CCCOC=CCS)C(C)(OC)OC. The molecule has 4 heteroatoms. The molecule has 1 atom stereocenters. The average molecular weight is 347 g/mol. The lowest BCUT2D eigenvalue weighted by atomic mass is 9.88. The summed E-state index contributed by atoms with van der Waals surface area (Å²) in [6.07, 6.45) is 14.8. The van der Waals surface area contributed by atoms with Gasteiger partial charge >= 0.3 is 0 Å². The smallest absolute Gasteiger partial charge is 0.167 e. The van der Waals surface area contributed by atoms with E-state index in [9.17, 15) is 0 Å². The summed E-state index contributed by atoms with van der Waals surface area (Å²) in [5, 5.41) is 0. The Hall–Kier alpha value is -0.190. The van der Waals surface area contributed by atoms with Crippen LogP contribution in [-0.2, 0) is 14.2 Å². The van der Waals surface area contributed by atoms with E-state index in [0.29, 0.717) is 11.7 Å². The van der Waals surface area contributed by atoms with E-state index in [4.69, 9.17) is 14.2 Å². The quantitative estimate of drug-likeness (QED) is 0.170. The van der Waals surface area contributed by atoms with Crippen LogP contribution in [-0.4, -0.2) is 32.4 Å². The molecule has 3 nitrogen and oxygen atoms in total. The van der Waals surface area contributed by atoms with Gasteiger partial charge in [0.1, 0.15) is 0 Å². The lowest BCUT2D eigenvalue weighted by Crippen LogP contribution is -2.39. The summed E-state index contributed by atoms with van der Waals surface area (Å²) in [4.78, 5) is 0. The highest BCUT2D eigenvalue weighted by Gasteiger charge is 2.33. The zero-order chi connectivity index (χ0) is 17.4. The molecule has 0 saturated carbocycles. The Morgan fingerprint density at radius 3 is 2.17 bits per heavy atom. The highest BCUT2D eigenvalue weighted by atomic mass is 32.1. The lowest BCUT2D eigenvalue weighted by molar-refractivity contribution is -0.230. The summed E-state index contributed by atoms with van der Waals surface area (Å²) < 4.78 is 16.8. The summed E-state index contributed by atoms with van der Waals surface area (Å²) >= 11 is 4.11. The van der Waals surface area contributed by atoms with Crippen LogP contribution in [0.3, 0.4) is 0 Å². The molecule has 0 aromatic carbocycles. The Kier molecular flexibility index (Phi) is 15.2. The maximum Gasteiger partial charge on any atom is 0.167 e. The Morgan fingerprint density at radius 1 is 0.957 bits per heavy atom. The summed E-state index contributed by atoms with van der Waals surface area (Å²) in [7, 11) is 3.48. The van der Waals surface area contributed by atoms with Crippen LogP contribution in [0, 0.1) is 5.92 Å². The molecule has 0 heterocycles. The minimum Gasteiger partial charge on any atom is -0.502 e. The molecule has 0 N–H and O–H groups in total. The highest BCUT2D eigenvalue weighted by Crippen LogP contribution is 2.31. The van der Waals surface area contributed by atoms with Crippen LogP contribution in [0.4, 0.5) is 0 Å². The van der Waals surface area contributed by atoms with E-state index in [1.807, 2.05) is 6.08 Å². The number of ether oxygens (including phenoxy) is 3. The first-order valence-electron chi connectivity index (χ1n) is 9.12. The van der Waals surface area contributed by atoms with Gasteiger partial charge in [-0.25, -0.2) is 0 Å². The van der Waals surface area contributed by atoms with Gasteiger partial charge in [-0.3, -0.25) is 0 Å². The minimum atomic E-state index is -0.496. The highest BCUT2D eigenvalue weighted by molar-refractivity contribution is 7.80. The molecular formula is C19H38O3S. The largest absolute Gasteiger partial charge is 0.502 e. The minimum absolute atomic E-state index is 0.404. The van der Waals surface area contributed by atoms with Crippen LogP contribution >= 0.6 is 12.6 Å². The van der Waals surface area contributed by atoms with Gasteiger partial charge < -0.3 is 14.2 Å². The van der Waals surface area contributed by atoms with Gasteiger partial charge in [0, 0.05) is 25.9 Å². The number of hydrogen-bond acceptors (Lipinski definition) is 4. The lowest BCUT2D eigenvalue weighted by Gasteiger charge is -2.35. The molecular weight excluding hydrogens is 308 g/mol. The van der Waals surface area contributed by atoms with E-state index in [0.717, 1.165) is 25.9 Å². The second-order valence-electron chi connectivity index (χ2n) is 6.24. The first kappa shape index (κ1) is 22.8. The summed E-state index contributed by atoms with van der Waals surface area (Å²) in [5.74, 6) is 0.623. The fourth-order valence-corrected chi connectivity index (χ4v) is 2.93. The van der Waals surface area contributed by atoms with Crippen LogP contribution in [0.5, 0.6) is 0 Å². The molecule has 0 rings (SSSR count). The standard InChI is InChI=1S/C19H38O3S/c1-5-6-7-8-9-10-13-18(19(2,20-3)21-4)14-11-15-22-16-12-17-23/h12,16,18,23H,5-11,13-15,17H2,1-4H3. The van der Waals surface area contributed by atoms with Gasteiger partial charge in [0.05, 0.1) is 12.9 Å². The van der Waals surface area contributed by atoms with E-state index in [1.165, 1.54) is 38.5 Å². The second kappa shape index (κ2) is 15.3. The molecule has 1 unspecified atom stereocenters. The molecule has 0 aromatic rings. The third-order valence-electron chi connectivity index (χ3n) is 4.57. The van der Waals surface area contributed by atoms with Crippen molar-refractivity contribution in [1.29, 1.82) is 0 Å². The Bertz CT molecular complexity index is 278. The van der Waals surface area contributed by atoms with Crippen molar-refractivity contribution in [3.8, 4) is 0 Å². The van der Waals surface area contributed by atoms with Crippen molar-refractivity contribution in [2.45, 2.75) is 77.4 Å². The summed E-state index contributed by atoms with van der Waals surface area (Å²) in [5.41, 5.74) is 0. The molecule has 0 aliphatic heterocycles. The topological polar surface area (TPSA) is 27.7 Å². The first-order valence-corrected chi connectivity index (χ1v) is 9.75. The third kappa shape index (κ3) is 11.1. The predicted octanol–water partition coefficient (Wildman–Crippen LogP) is 5.60. The van der Waals surface area contributed by atoms with Crippen LogP contribution in [0.15, 0.2) is 12.3 Å². The van der Waals surface area contributed by atoms with Crippen LogP contribution in [0.2, 0.25) is 0 Å². The van der Waals surface area contributed by atoms with Crippen molar-refractivity contribution in [1.82, 2.24) is 0 Å². The number of unbranched alkanes of at least 4 members (excludes halogenated alkanes) is 5. The van der Waals surface area contributed by atoms with Crippen LogP contribution in [0.25, 0.3) is 0 Å². The molecule has 0 bridgehead atoms. The van der Waals surface area contributed by atoms with Crippen molar-refractivity contribution < 1.29 is 14.2 Å². The van der Waals surface area contributed by atoms with Gasteiger partial charge in [0.25, 0.3) is 0 Å². The number of methoxy groups -OCH3 is 2. The summed E-state index contributed by atoms with van der Waals surface area (Å²) in [6.45, 7) is 5.04. The van der Waals surface area contributed by atoms with Gasteiger partial charge in [-0.15, -0.1) is 0 Å². The first-order chi connectivity index (χ1) is 11.1. The maximum atomic E-state index is 5.65. The Balaban J connectivity index is 4.16. The number of rotatable bonds is 16. The van der Waals surface area contributed by atoms with Gasteiger partial charge in [-0.05, 0) is 32.3 Å². The molecule has 0 aliphatic rings. The fourth-order valence-electron chi connectivity index (χ4n) is 2.85. The maximum absolute atomic E-state index is 5.65. The zero-order valence-corrected chi connectivity index (χ0v) is 16.6. The molecule has 23 heavy (non-hydrogen) atoms. The Morgan fingerprint density at radius 2 is 1.57 bits per heavy atom. The van der Waals surface area contributed by atoms with Crippen LogP contribution < -0.4 is 0 Å². The van der Waals surface area contributed by atoms with Crippen LogP contribution in [0.1, 0.15) is 71.6 Å². The molecule has 0 spiro atoms. The predicted molar refractivity (Wildman–Crippen MR) is 102 cm³/mol. The van der Waals surface area contributed by atoms with Crippen molar-refractivity contribution in [3.05, 3.63) is 12.3 Å². The van der Waals surface area contributed by atoms with Crippen molar-refractivity contribution >= 4 is 12.6 Å². The number of hydrogen-bond donors (Lipinski definition) is 1. The Labute approximate surface area is 149 Å². The van der Waals surface area contributed by atoms with Crippen molar-refractivity contribution in [2.75, 3.05) is 26.6 Å². The molecule has 0 saturated heterocycles. The number of thiol groups is 1. The van der Waals surface area contributed by atoms with Gasteiger partial charge in [0.15, 0.2) is 5.79 Å².